The molecule has 4 nitrogen and oxygen atoms in total. The number of sulfonamides is 1. The molecule has 0 aliphatic heterocycles. The summed E-state index contributed by atoms with van der Waals surface area (Å²) in [5, 5.41) is 0.0536. The summed E-state index contributed by atoms with van der Waals surface area (Å²) in [6.45, 7) is 3.34. The molecule has 0 bridgehead atoms. The fourth-order valence-electron chi connectivity index (χ4n) is 1.03. The molecule has 88 valence electrons. The lowest BCUT2D eigenvalue weighted by Gasteiger charge is -2.08. The fourth-order valence-corrected chi connectivity index (χ4v) is 2.45. The van der Waals surface area contributed by atoms with Crippen LogP contribution in [0.5, 0.6) is 0 Å². The average Bonchev–Trinajstić information content (AvgIpc) is 2.20. The zero-order valence-corrected chi connectivity index (χ0v) is 9.78. The second-order valence-electron chi connectivity index (χ2n) is 2.95. The molecule has 0 aliphatic rings. The number of hydrogen-bond acceptors (Lipinski definition) is 3. The lowest BCUT2D eigenvalue weighted by molar-refractivity contribution is 0.562. The van der Waals surface area contributed by atoms with E-state index in [1.165, 1.54) is 6.08 Å². The van der Waals surface area contributed by atoms with E-state index in [4.69, 9.17) is 17.3 Å². The van der Waals surface area contributed by atoms with E-state index in [0.717, 1.165) is 12.1 Å². The number of nitrogen functional groups attached to an aromatic ring is 1. The van der Waals surface area contributed by atoms with E-state index in [2.05, 4.69) is 11.3 Å². The van der Waals surface area contributed by atoms with E-state index < -0.39 is 20.7 Å². The molecule has 0 fully saturated rings. The van der Waals surface area contributed by atoms with Gasteiger partial charge in [0.1, 0.15) is 4.90 Å². The van der Waals surface area contributed by atoms with E-state index >= 15 is 0 Å². The van der Waals surface area contributed by atoms with Crippen LogP contribution in [-0.4, -0.2) is 15.0 Å². The zero-order valence-electron chi connectivity index (χ0n) is 8.20. The highest BCUT2D eigenvalue weighted by atomic mass is 35.5. The van der Waals surface area contributed by atoms with Crippen molar-refractivity contribution in [2.45, 2.75) is 4.90 Å². The molecule has 0 spiro atoms. The van der Waals surface area contributed by atoms with Crippen LogP contribution in [-0.2, 0) is 10.0 Å². The molecule has 0 radical (unpaired) electrons. The first-order valence-electron chi connectivity index (χ1n) is 4.23. The van der Waals surface area contributed by atoms with Crippen molar-refractivity contribution in [1.29, 1.82) is 0 Å². The minimum atomic E-state index is -3.96. The van der Waals surface area contributed by atoms with Crippen molar-refractivity contribution in [3.63, 3.8) is 0 Å². The Hall–Kier alpha value is -1.11. The van der Waals surface area contributed by atoms with Gasteiger partial charge in [-0.3, -0.25) is 0 Å². The molecule has 1 aromatic carbocycles. The minimum absolute atomic E-state index is 0.00576. The molecule has 0 amide bonds. The molecule has 1 rings (SSSR count). The predicted molar refractivity (Wildman–Crippen MR) is 61.2 cm³/mol. The maximum atomic E-state index is 13.5. The van der Waals surface area contributed by atoms with E-state index in [9.17, 15) is 12.8 Å². The fraction of sp³-hybridized carbons (Fsp3) is 0.111. The Bertz CT molecular complexity index is 516. The molecule has 0 aromatic heterocycles. The van der Waals surface area contributed by atoms with E-state index in [0.29, 0.717) is 0 Å². The molecule has 0 heterocycles. The maximum Gasteiger partial charge on any atom is 0.243 e. The van der Waals surface area contributed by atoms with Crippen LogP contribution in [0, 0.1) is 5.82 Å². The first kappa shape index (κ1) is 13.0. The van der Waals surface area contributed by atoms with Crippen molar-refractivity contribution < 1.29 is 12.8 Å². The Labute approximate surface area is 98.0 Å². The van der Waals surface area contributed by atoms with E-state index in [-0.39, 0.29) is 17.3 Å². The third-order valence-corrected chi connectivity index (χ3v) is 3.38. The monoisotopic (exact) mass is 264 g/mol. The third kappa shape index (κ3) is 2.72. The SMILES string of the molecule is C=CCNS(=O)(=O)c1cc(Cl)cc(N)c1F. The predicted octanol–water partition coefficient (Wildman–Crippen LogP) is 1.53. The smallest absolute Gasteiger partial charge is 0.243 e. The molecule has 0 saturated carbocycles. The van der Waals surface area contributed by atoms with Crippen molar-refractivity contribution in [3.8, 4) is 0 Å². The number of rotatable bonds is 4. The van der Waals surface area contributed by atoms with Gasteiger partial charge in [-0.15, -0.1) is 6.58 Å². The van der Waals surface area contributed by atoms with Gasteiger partial charge in [0.2, 0.25) is 10.0 Å². The van der Waals surface area contributed by atoms with Gasteiger partial charge in [-0.1, -0.05) is 17.7 Å². The van der Waals surface area contributed by atoms with Crippen LogP contribution in [0.2, 0.25) is 5.02 Å². The Morgan fingerprint density at radius 2 is 2.19 bits per heavy atom. The number of nitrogens with two attached hydrogens (primary N) is 1. The summed E-state index contributed by atoms with van der Waals surface area (Å²) in [7, 11) is -3.96. The lowest BCUT2D eigenvalue weighted by Crippen LogP contribution is -2.25. The maximum absolute atomic E-state index is 13.5. The first-order chi connectivity index (χ1) is 7.38. The lowest BCUT2D eigenvalue weighted by atomic mass is 10.3. The van der Waals surface area contributed by atoms with Gasteiger partial charge in [0.15, 0.2) is 5.82 Å². The van der Waals surface area contributed by atoms with Gasteiger partial charge >= 0.3 is 0 Å². The largest absolute Gasteiger partial charge is 0.396 e. The van der Waals surface area contributed by atoms with Crippen molar-refractivity contribution >= 4 is 27.3 Å². The Morgan fingerprint density at radius 1 is 1.56 bits per heavy atom. The van der Waals surface area contributed by atoms with Crippen LogP contribution in [0.3, 0.4) is 0 Å². The molecule has 0 unspecified atom stereocenters. The highest BCUT2D eigenvalue weighted by molar-refractivity contribution is 7.89. The molecule has 0 saturated heterocycles. The summed E-state index contributed by atoms with van der Waals surface area (Å²) in [5.41, 5.74) is 4.96. The molecular weight excluding hydrogens is 255 g/mol. The van der Waals surface area contributed by atoms with Crippen LogP contribution in [0.1, 0.15) is 0 Å². The van der Waals surface area contributed by atoms with Gasteiger partial charge in [-0.25, -0.2) is 17.5 Å². The Morgan fingerprint density at radius 3 is 2.75 bits per heavy atom. The van der Waals surface area contributed by atoms with Crippen LogP contribution in [0.4, 0.5) is 10.1 Å². The van der Waals surface area contributed by atoms with Gasteiger partial charge < -0.3 is 5.73 Å². The van der Waals surface area contributed by atoms with Crippen molar-refractivity contribution in [3.05, 3.63) is 35.6 Å². The third-order valence-electron chi connectivity index (χ3n) is 1.74. The number of anilines is 1. The molecule has 0 aliphatic carbocycles. The van der Waals surface area contributed by atoms with Crippen LogP contribution < -0.4 is 10.5 Å². The van der Waals surface area contributed by atoms with Crippen molar-refractivity contribution in [1.82, 2.24) is 4.72 Å². The second-order valence-corrected chi connectivity index (χ2v) is 5.12. The van der Waals surface area contributed by atoms with Gasteiger partial charge in [0.05, 0.1) is 5.69 Å². The second kappa shape index (κ2) is 4.82. The first-order valence-corrected chi connectivity index (χ1v) is 6.09. The summed E-state index contributed by atoms with van der Waals surface area (Å²) in [6, 6.07) is 2.14. The van der Waals surface area contributed by atoms with E-state index in [1.54, 1.807) is 0 Å². The molecule has 16 heavy (non-hydrogen) atoms. The van der Waals surface area contributed by atoms with Gasteiger partial charge in [0, 0.05) is 11.6 Å². The van der Waals surface area contributed by atoms with Crippen LogP contribution in [0.15, 0.2) is 29.7 Å². The van der Waals surface area contributed by atoms with E-state index in [1.807, 2.05) is 0 Å². The Balaban J connectivity index is 3.27. The highest BCUT2D eigenvalue weighted by Gasteiger charge is 2.20. The number of halogens is 2. The quantitative estimate of drug-likeness (QED) is 0.640. The standard InChI is InChI=1S/C9H10ClFN2O2S/c1-2-3-13-16(14,15)8-5-6(10)4-7(12)9(8)11/h2,4-5,13H,1,3,12H2. The highest BCUT2D eigenvalue weighted by Crippen LogP contribution is 2.24. The number of nitrogens with one attached hydrogen (secondary N) is 1. The molecule has 0 atom stereocenters. The molecule has 3 N–H and O–H groups in total. The summed E-state index contributed by atoms with van der Waals surface area (Å²) in [6.07, 6.45) is 1.34. The summed E-state index contributed by atoms with van der Waals surface area (Å²) in [4.78, 5) is -0.570. The Kier molecular flexibility index (Phi) is 3.90. The van der Waals surface area contributed by atoms with Gasteiger partial charge in [-0.05, 0) is 12.1 Å². The van der Waals surface area contributed by atoms with Crippen LogP contribution >= 0.6 is 11.6 Å². The summed E-state index contributed by atoms with van der Waals surface area (Å²) >= 11 is 5.60. The minimum Gasteiger partial charge on any atom is -0.396 e. The topological polar surface area (TPSA) is 72.2 Å². The summed E-state index contributed by atoms with van der Waals surface area (Å²) in [5.74, 6) is -1.01. The molecule has 7 heteroatoms. The zero-order chi connectivity index (χ0) is 12.3. The number of hydrogen-bond donors (Lipinski definition) is 2. The van der Waals surface area contributed by atoms with Crippen molar-refractivity contribution in [2.24, 2.45) is 0 Å². The van der Waals surface area contributed by atoms with Gasteiger partial charge in [0.25, 0.3) is 0 Å². The van der Waals surface area contributed by atoms with Crippen molar-refractivity contribution in [2.75, 3.05) is 12.3 Å². The summed E-state index contributed by atoms with van der Waals surface area (Å²) < 4.78 is 38.8. The molecule has 1 aromatic rings. The van der Waals surface area contributed by atoms with Crippen LogP contribution in [0.25, 0.3) is 0 Å². The number of benzene rings is 1. The normalized spacial score (nSPS) is 11.4. The molecular formula is C9H10ClFN2O2S. The van der Waals surface area contributed by atoms with Gasteiger partial charge in [-0.2, -0.15) is 0 Å². The average molecular weight is 265 g/mol.